The third kappa shape index (κ3) is 1.14. The Morgan fingerprint density at radius 1 is 1.73 bits per heavy atom. The number of aryl methyl sites for hydroxylation is 1. The fourth-order valence-corrected chi connectivity index (χ4v) is 0.924. The second-order valence-corrected chi connectivity index (χ2v) is 2.17. The number of carboxylic acid groups (broad SMARTS) is 1. The van der Waals surface area contributed by atoms with E-state index in [1.165, 1.54) is 6.20 Å². The number of carbonyl (C=O) groups excluding carboxylic acids is 1. The van der Waals surface area contributed by atoms with Gasteiger partial charge in [-0.3, -0.25) is 4.79 Å². The number of H-pyrrole nitrogens is 1. The average molecular weight is 153 g/mol. The lowest BCUT2D eigenvalue weighted by molar-refractivity contribution is 0.0693. The third-order valence-electron chi connectivity index (χ3n) is 1.45. The van der Waals surface area contributed by atoms with Gasteiger partial charge in [0, 0.05) is 17.5 Å². The quantitative estimate of drug-likeness (QED) is 0.618. The Kier molecular flexibility index (Phi) is 1.76. The molecular formula is C7H7NO3. The first-order valence-electron chi connectivity index (χ1n) is 3.03. The summed E-state index contributed by atoms with van der Waals surface area (Å²) in [5.41, 5.74) is 0.745. The van der Waals surface area contributed by atoms with Crippen molar-refractivity contribution in [3.63, 3.8) is 0 Å². The highest BCUT2D eigenvalue weighted by Crippen LogP contribution is 2.10. The molecule has 4 heteroatoms. The van der Waals surface area contributed by atoms with Crippen LogP contribution >= 0.6 is 0 Å². The molecule has 1 aromatic heterocycles. The average Bonchev–Trinajstić information content (AvgIpc) is 2.30. The summed E-state index contributed by atoms with van der Waals surface area (Å²) in [5.74, 6) is -1.08. The number of nitrogens with one attached hydrogen (secondary N) is 1. The minimum Gasteiger partial charge on any atom is -0.478 e. The van der Waals surface area contributed by atoms with Crippen LogP contribution in [-0.4, -0.2) is 22.3 Å². The molecule has 0 spiro atoms. The van der Waals surface area contributed by atoms with Gasteiger partial charge in [0.2, 0.25) is 0 Å². The van der Waals surface area contributed by atoms with Crippen LogP contribution in [0.1, 0.15) is 26.4 Å². The Morgan fingerprint density at radius 3 is 2.73 bits per heavy atom. The molecule has 0 saturated carbocycles. The van der Waals surface area contributed by atoms with E-state index in [0.717, 1.165) is 0 Å². The zero-order valence-corrected chi connectivity index (χ0v) is 5.92. The van der Waals surface area contributed by atoms with Crippen molar-refractivity contribution in [3.8, 4) is 0 Å². The minimum absolute atomic E-state index is 0.0556. The predicted octanol–water partition coefficient (Wildman–Crippen LogP) is 0.834. The molecule has 0 fully saturated rings. The number of rotatable bonds is 2. The second kappa shape index (κ2) is 2.57. The Hall–Kier alpha value is -1.58. The van der Waals surface area contributed by atoms with Gasteiger partial charge < -0.3 is 10.1 Å². The van der Waals surface area contributed by atoms with Crippen molar-refractivity contribution in [2.75, 3.05) is 0 Å². The zero-order valence-electron chi connectivity index (χ0n) is 5.92. The van der Waals surface area contributed by atoms with Crippen LogP contribution in [0.25, 0.3) is 0 Å². The summed E-state index contributed by atoms with van der Waals surface area (Å²) in [6.45, 7) is 1.61. The Bertz CT molecular complexity index is 301. The van der Waals surface area contributed by atoms with Crippen LogP contribution in [0.5, 0.6) is 0 Å². The first-order valence-corrected chi connectivity index (χ1v) is 3.03. The van der Waals surface area contributed by atoms with Crippen molar-refractivity contribution < 1.29 is 14.7 Å². The van der Waals surface area contributed by atoms with E-state index in [-0.39, 0.29) is 11.1 Å². The van der Waals surface area contributed by atoms with Gasteiger partial charge >= 0.3 is 5.97 Å². The molecule has 1 rings (SSSR count). The Morgan fingerprint density at radius 2 is 2.36 bits per heavy atom. The molecule has 0 amide bonds. The molecule has 0 unspecified atom stereocenters. The number of hydrogen-bond donors (Lipinski definition) is 2. The molecule has 0 atom stereocenters. The van der Waals surface area contributed by atoms with Gasteiger partial charge in [-0.05, 0) is 6.92 Å². The van der Waals surface area contributed by atoms with Gasteiger partial charge in [0.05, 0.1) is 5.56 Å². The van der Waals surface area contributed by atoms with Crippen LogP contribution in [0.3, 0.4) is 0 Å². The highest BCUT2D eigenvalue weighted by atomic mass is 16.4. The summed E-state index contributed by atoms with van der Waals surface area (Å²) in [4.78, 5) is 23.4. The highest BCUT2D eigenvalue weighted by Gasteiger charge is 2.13. The van der Waals surface area contributed by atoms with E-state index in [1.807, 2.05) is 0 Å². The highest BCUT2D eigenvalue weighted by molar-refractivity contribution is 5.98. The van der Waals surface area contributed by atoms with Crippen LogP contribution in [-0.2, 0) is 0 Å². The number of hydrogen-bond acceptors (Lipinski definition) is 2. The lowest BCUT2D eigenvalue weighted by Crippen LogP contribution is -2.00. The fraction of sp³-hybridized carbons (Fsp3) is 0.143. The lowest BCUT2D eigenvalue weighted by Gasteiger charge is -1.90. The molecule has 1 heterocycles. The Labute approximate surface area is 62.9 Å². The SMILES string of the molecule is Cc1[nH]cc(C=O)c1C(=O)O. The third-order valence-corrected chi connectivity index (χ3v) is 1.45. The fourth-order valence-electron chi connectivity index (χ4n) is 0.924. The number of aldehydes is 1. The van der Waals surface area contributed by atoms with E-state index in [2.05, 4.69) is 4.98 Å². The van der Waals surface area contributed by atoms with Gasteiger partial charge in [-0.2, -0.15) is 0 Å². The van der Waals surface area contributed by atoms with E-state index < -0.39 is 5.97 Å². The molecule has 4 nitrogen and oxygen atoms in total. The van der Waals surface area contributed by atoms with Crippen molar-refractivity contribution in [2.45, 2.75) is 6.92 Å². The van der Waals surface area contributed by atoms with Gasteiger partial charge in [-0.15, -0.1) is 0 Å². The van der Waals surface area contributed by atoms with Crippen molar-refractivity contribution in [2.24, 2.45) is 0 Å². The first kappa shape index (κ1) is 7.53. The predicted molar refractivity (Wildman–Crippen MR) is 37.9 cm³/mol. The summed E-state index contributed by atoms with van der Waals surface area (Å²) in [5, 5.41) is 8.59. The van der Waals surface area contributed by atoms with Gasteiger partial charge in [0.15, 0.2) is 6.29 Å². The van der Waals surface area contributed by atoms with E-state index in [1.54, 1.807) is 6.92 Å². The standard InChI is InChI=1S/C7H7NO3/c1-4-6(7(10)11)5(3-9)2-8-4/h2-3,8H,1H3,(H,10,11). The largest absolute Gasteiger partial charge is 0.478 e. The maximum Gasteiger partial charge on any atom is 0.338 e. The summed E-state index contributed by atoms with van der Waals surface area (Å²) < 4.78 is 0. The summed E-state index contributed by atoms with van der Waals surface area (Å²) in [6.07, 6.45) is 1.90. The molecule has 0 aliphatic rings. The number of carboxylic acids is 1. The topological polar surface area (TPSA) is 70.2 Å². The number of aromatic nitrogens is 1. The van der Waals surface area contributed by atoms with E-state index in [9.17, 15) is 9.59 Å². The molecule has 58 valence electrons. The number of aromatic carboxylic acids is 1. The van der Waals surface area contributed by atoms with Crippen LogP contribution in [0.2, 0.25) is 0 Å². The first-order chi connectivity index (χ1) is 5.16. The van der Waals surface area contributed by atoms with Gasteiger partial charge in [0.25, 0.3) is 0 Å². The van der Waals surface area contributed by atoms with Crippen LogP contribution in [0, 0.1) is 6.92 Å². The van der Waals surface area contributed by atoms with E-state index >= 15 is 0 Å². The van der Waals surface area contributed by atoms with E-state index in [0.29, 0.717) is 12.0 Å². The second-order valence-electron chi connectivity index (χ2n) is 2.17. The van der Waals surface area contributed by atoms with Gasteiger partial charge in [-0.25, -0.2) is 4.79 Å². The Balaban J connectivity index is 3.28. The van der Waals surface area contributed by atoms with Crippen molar-refractivity contribution >= 4 is 12.3 Å². The molecule has 0 bridgehead atoms. The zero-order chi connectivity index (χ0) is 8.43. The van der Waals surface area contributed by atoms with Gasteiger partial charge in [-0.1, -0.05) is 0 Å². The molecule has 1 aromatic rings. The molecule has 11 heavy (non-hydrogen) atoms. The van der Waals surface area contributed by atoms with Crippen LogP contribution in [0.4, 0.5) is 0 Å². The molecule has 0 aromatic carbocycles. The summed E-state index contributed by atoms with van der Waals surface area (Å²) >= 11 is 0. The van der Waals surface area contributed by atoms with Crippen LogP contribution < -0.4 is 0 Å². The molecule has 0 saturated heterocycles. The number of aromatic amines is 1. The van der Waals surface area contributed by atoms with Crippen molar-refractivity contribution in [3.05, 3.63) is 23.0 Å². The van der Waals surface area contributed by atoms with Gasteiger partial charge in [0.1, 0.15) is 0 Å². The lowest BCUT2D eigenvalue weighted by atomic mass is 10.2. The minimum atomic E-state index is -1.08. The molecule has 0 aliphatic heterocycles. The molecule has 2 N–H and O–H groups in total. The summed E-state index contributed by atoms with van der Waals surface area (Å²) in [6, 6.07) is 0. The summed E-state index contributed by atoms with van der Waals surface area (Å²) in [7, 11) is 0. The molecule has 0 aliphatic carbocycles. The van der Waals surface area contributed by atoms with E-state index in [4.69, 9.17) is 5.11 Å². The van der Waals surface area contributed by atoms with Crippen LogP contribution in [0.15, 0.2) is 6.20 Å². The monoisotopic (exact) mass is 153 g/mol. The molecular weight excluding hydrogens is 146 g/mol. The molecule has 0 radical (unpaired) electrons. The normalized spacial score (nSPS) is 9.55. The maximum absolute atomic E-state index is 10.5. The smallest absolute Gasteiger partial charge is 0.338 e. The van der Waals surface area contributed by atoms with Crippen molar-refractivity contribution in [1.29, 1.82) is 0 Å². The number of carbonyl (C=O) groups is 2. The van der Waals surface area contributed by atoms with Crippen molar-refractivity contribution in [1.82, 2.24) is 4.98 Å². The maximum atomic E-state index is 10.5.